The van der Waals surface area contributed by atoms with Gasteiger partial charge in [0.05, 0.1) is 5.75 Å². The van der Waals surface area contributed by atoms with E-state index < -0.39 is 0 Å². The fraction of sp³-hybridized carbons (Fsp3) is 0.211. The smallest absolute Gasteiger partial charge is 0.233 e. The molecule has 3 aromatic rings. The molecule has 1 heterocycles. The zero-order valence-electron chi connectivity index (χ0n) is 15.1. The highest BCUT2D eigenvalue weighted by Gasteiger charge is 2.16. The molecule has 0 aliphatic carbocycles. The second-order valence-corrected chi connectivity index (χ2v) is 7.11. The molecule has 0 fully saturated rings. The van der Waals surface area contributed by atoms with Crippen LogP contribution in [-0.4, -0.2) is 38.5 Å². The molecule has 0 aliphatic heterocycles. The van der Waals surface area contributed by atoms with Gasteiger partial charge in [0.25, 0.3) is 0 Å². The van der Waals surface area contributed by atoms with Gasteiger partial charge in [0.15, 0.2) is 5.82 Å². The summed E-state index contributed by atoms with van der Waals surface area (Å²) >= 11 is 1.20. The molecule has 0 atom stereocenters. The standard InChI is InChI=1S/C19H20FN5OS/c1-13-7-9-14(10-8-13)18-22-23-19(25(18)21)27-12-17(26)24(2)11-15-5-3-4-6-16(15)20/h3-10H,11-12,21H2,1-2H3. The highest BCUT2D eigenvalue weighted by atomic mass is 32.2. The van der Waals surface area contributed by atoms with Gasteiger partial charge in [-0.1, -0.05) is 59.8 Å². The van der Waals surface area contributed by atoms with Crippen molar-refractivity contribution in [2.24, 2.45) is 0 Å². The average Bonchev–Trinajstić information content (AvgIpc) is 3.03. The number of hydrogen-bond acceptors (Lipinski definition) is 5. The van der Waals surface area contributed by atoms with E-state index in [2.05, 4.69) is 10.2 Å². The molecule has 8 heteroatoms. The molecule has 0 unspecified atom stereocenters. The van der Waals surface area contributed by atoms with Crippen molar-refractivity contribution in [2.75, 3.05) is 18.6 Å². The Morgan fingerprint density at radius 3 is 2.59 bits per heavy atom. The second kappa shape index (κ2) is 8.22. The Labute approximate surface area is 161 Å². The van der Waals surface area contributed by atoms with Gasteiger partial charge in [-0.15, -0.1) is 10.2 Å². The summed E-state index contributed by atoms with van der Waals surface area (Å²) in [6.07, 6.45) is 0. The fourth-order valence-corrected chi connectivity index (χ4v) is 3.28. The number of rotatable bonds is 6. The van der Waals surface area contributed by atoms with Crippen molar-refractivity contribution in [3.8, 4) is 11.4 Å². The van der Waals surface area contributed by atoms with Crippen LogP contribution in [0.15, 0.2) is 53.7 Å². The number of halogens is 1. The molecule has 2 aromatic carbocycles. The number of nitrogens with zero attached hydrogens (tertiary/aromatic N) is 4. The lowest BCUT2D eigenvalue weighted by atomic mass is 10.1. The number of aryl methyl sites for hydroxylation is 1. The van der Waals surface area contributed by atoms with Crippen molar-refractivity contribution in [3.63, 3.8) is 0 Å². The largest absolute Gasteiger partial charge is 0.341 e. The van der Waals surface area contributed by atoms with E-state index in [4.69, 9.17) is 5.84 Å². The first kappa shape index (κ1) is 18.9. The first-order valence-electron chi connectivity index (χ1n) is 8.33. The summed E-state index contributed by atoms with van der Waals surface area (Å²) in [5.74, 6) is 6.27. The van der Waals surface area contributed by atoms with Crippen LogP contribution >= 0.6 is 11.8 Å². The summed E-state index contributed by atoms with van der Waals surface area (Å²) in [6.45, 7) is 2.21. The SMILES string of the molecule is Cc1ccc(-c2nnc(SCC(=O)N(C)Cc3ccccc3F)n2N)cc1. The Hall–Kier alpha value is -2.87. The van der Waals surface area contributed by atoms with Gasteiger partial charge in [-0.05, 0) is 13.0 Å². The first-order chi connectivity index (χ1) is 13.0. The fourth-order valence-electron chi connectivity index (χ4n) is 2.48. The summed E-state index contributed by atoms with van der Waals surface area (Å²) < 4.78 is 15.1. The third-order valence-corrected chi connectivity index (χ3v) is 5.02. The van der Waals surface area contributed by atoms with Crippen molar-refractivity contribution < 1.29 is 9.18 Å². The third kappa shape index (κ3) is 4.46. The molecule has 0 radical (unpaired) electrons. The molecule has 0 spiro atoms. The maximum absolute atomic E-state index is 13.7. The molecule has 0 bridgehead atoms. The van der Waals surface area contributed by atoms with Crippen LogP contribution < -0.4 is 5.84 Å². The zero-order chi connectivity index (χ0) is 19.4. The van der Waals surface area contributed by atoms with E-state index in [0.717, 1.165) is 11.1 Å². The van der Waals surface area contributed by atoms with Gasteiger partial charge < -0.3 is 10.7 Å². The lowest BCUT2D eigenvalue weighted by Gasteiger charge is -2.17. The van der Waals surface area contributed by atoms with Crippen LogP contribution in [0, 0.1) is 12.7 Å². The second-order valence-electron chi connectivity index (χ2n) is 6.17. The molecule has 1 amide bonds. The normalized spacial score (nSPS) is 10.8. The summed E-state index contributed by atoms with van der Waals surface area (Å²) in [4.78, 5) is 13.8. The van der Waals surface area contributed by atoms with E-state index >= 15 is 0 Å². The van der Waals surface area contributed by atoms with Crippen LogP contribution in [0.5, 0.6) is 0 Å². The molecule has 2 N–H and O–H groups in total. The van der Waals surface area contributed by atoms with Crippen LogP contribution in [0.1, 0.15) is 11.1 Å². The third-order valence-electron chi connectivity index (χ3n) is 4.09. The summed E-state index contributed by atoms with van der Waals surface area (Å²) in [6, 6.07) is 14.2. The predicted molar refractivity (Wildman–Crippen MR) is 104 cm³/mol. The first-order valence-corrected chi connectivity index (χ1v) is 9.32. The predicted octanol–water partition coefficient (Wildman–Crippen LogP) is 2.86. The number of thioether (sulfide) groups is 1. The minimum Gasteiger partial charge on any atom is -0.341 e. The lowest BCUT2D eigenvalue weighted by Crippen LogP contribution is -2.28. The van der Waals surface area contributed by atoms with Crippen LogP contribution in [0.3, 0.4) is 0 Å². The zero-order valence-corrected chi connectivity index (χ0v) is 15.9. The monoisotopic (exact) mass is 385 g/mol. The number of hydrogen-bond donors (Lipinski definition) is 1. The minimum absolute atomic E-state index is 0.133. The molecule has 6 nitrogen and oxygen atoms in total. The summed E-state index contributed by atoms with van der Waals surface area (Å²) in [5, 5.41) is 8.62. The maximum atomic E-state index is 13.7. The van der Waals surface area contributed by atoms with Gasteiger partial charge in [-0.25, -0.2) is 9.07 Å². The topological polar surface area (TPSA) is 77.0 Å². The van der Waals surface area contributed by atoms with Crippen molar-refractivity contribution in [2.45, 2.75) is 18.6 Å². The van der Waals surface area contributed by atoms with Gasteiger partial charge in [0.2, 0.25) is 11.1 Å². The van der Waals surface area contributed by atoms with Crippen molar-refractivity contribution in [1.82, 2.24) is 19.8 Å². The van der Waals surface area contributed by atoms with Gasteiger partial charge in [0, 0.05) is 24.7 Å². The van der Waals surface area contributed by atoms with Gasteiger partial charge in [-0.2, -0.15) is 0 Å². The molecule has 0 saturated heterocycles. The van der Waals surface area contributed by atoms with Gasteiger partial charge in [0.1, 0.15) is 5.82 Å². The summed E-state index contributed by atoms with van der Waals surface area (Å²) in [7, 11) is 1.64. The van der Waals surface area contributed by atoms with E-state index in [1.807, 2.05) is 31.2 Å². The summed E-state index contributed by atoms with van der Waals surface area (Å²) in [5.41, 5.74) is 2.47. The number of benzene rings is 2. The number of nitrogens with two attached hydrogens (primary N) is 1. The van der Waals surface area contributed by atoms with E-state index in [0.29, 0.717) is 16.5 Å². The Kier molecular flexibility index (Phi) is 5.75. The number of carbonyl (C=O) groups excluding carboxylic acids is 1. The molecule has 140 valence electrons. The Balaban J connectivity index is 1.62. The Morgan fingerprint density at radius 1 is 1.19 bits per heavy atom. The van der Waals surface area contributed by atoms with E-state index in [1.165, 1.54) is 27.4 Å². The molecule has 27 heavy (non-hydrogen) atoms. The lowest BCUT2D eigenvalue weighted by molar-refractivity contribution is -0.127. The van der Waals surface area contributed by atoms with Crippen LogP contribution in [-0.2, 0) is 11.3 Å². The van der Waals surface area contributed by atoms with E-state index in [9.17, 15) is 9.18 Å². The van der Waals surface area contributed by atoms with Crippen LogP contribution in [0.4, 0.5) is 4.39 Å². The van der Waals surface area contributed by atoms with Crippen molar-refractivity contribution in [1.29, 1.82) is 0 Å². The molecule has 0 aliphatic rings. The quantitative estimate of drug-likeness (QED) is 0.522. The van der Waals surface area contributed by atoms with Crippen molar-refractivity contribution in [3.05, 3.63) is 65.5 Å². The molecular weight excluding hydrogens is 365 g/mol. The Bertz CT molecular complexity index is 942. The Morgan fingerprint density at radius 2 is 1.89 bits per heavy atom. The molecular formula is C19H20FN5OS. The number of aromatic nitrogens is 3. The average molecular weight is 385 g/mol. The highest BCUT2D eigenvalue weighted by molar-refractivity contribution is 7.99. The number of nitrogen functional groups attached to an aromatic ring is 1. The number of amides is 1. The van der Waals surface area contributed by atoms with Gasteiger partial charge >= 0.3 is 0 Å². The van der Waals surface area contributed by atoms with Crippen molar-refractivity contribution >= 4 is 17.7 Å². The highest BCUT2D eigenvalue weighted by Crippen LogP contribution is 2.22. The molecule has 0 saturated carbocycles. The maximum Gasteiger partial charge on any atom is 0.233 e. The van der Waals surface area contributed by atoms with Gasteiger partial charge in [-0.3, -0.25) is 4.79 Å². The van der Waals surface area contributed by atoms with E-state index in [1.54, 1.807) is 25.2 Å². The van der Waals surface area contributed by atoms with E-state index in [-0.39, 0.29) is 24.0 Å². The minimum atomic E-state index is -0.325. The van der Waals surface area contributed by atoms with Crippen LogP contribution in [0.25, 0.3) is 11.4 Å². The number of carbonyl (C=O) groups is 1. The molecule has 3 rings (SSSR count). The van der Waals surface area contributed by atoms with Crippen LogP contribution in [0.2, 0.25) is 0 Å². The molecule has 1 aromatic heterocycles.